The van der Waals surface area contributed by atoms with Crippen LogP contribution in [-0.4, -0.2) is 64.7 Å². The van der Waals surface area contributed by atoms with Crippen LogP contribution in [0.5, 0.6) is 11.5 Å². The van der Waals surface area contributed by atoms with E-state index < -0.39 is 37.1 Å². The second kappa shape index (κ2) is 8.94. The predicted octanol–water partition coefficient (Wildman–Crippen LogP) is 1.78. The number of ether oxygens (including phenoxy) is 3. The van der Waals surface area contributed by atoms with Crippen LogP contribution in [-0.2, 0) is 17.6 Å². The lowest BCUT2D eigenvalue weighted by Crippen LogP contribution is -2.55. The molecule has 0 radical (unpaired) electrons. The van der Waals surface area contributed by atoms with Gasteiger partial charge in [0.15, 0.2) is 0 Å². The van der Waals surface area contributed by atoms with Crippen LogP contribution in [0.1, 0.15) is 35.3 Å². The van der Waals surface area contributed by atoms with Gasteiger partial charge in [-0.25, -0.2) is 0 Å². The summed E-state index contributed by atoms with van der Waals surface area (Å²) >= 11 is 6.75. The number of benzene rings is 2. The fourth-order valence-corrected chi connectivity index (χ4v) is 4.58. The zero-order valence-corrected chi connectivity index (χ0v) is 18.1. The highest BCUT2D eigenvalue weighted by Gasteiger charge is 2.46. The molecular weight excluding hydrogens is 424 g/mol. The molecule has 1 saturated heterocycles. The van der Waals surface area contributed by atoms with Crippen molar-refractivity contribution in [2.24, 2.45) is 0 Å². The highest BCUT2D eigenvalue weighted by molar-refractivity contribution is 6.32. The molecule has 6 atom stereocenters. The van der Waals surface area contributed by atoms with Gasteiger partial charge in [-0.3, -0.25) is 0 Å². The minimum atomic E-state index is -1.47. The van der Waals surface area contributed by atoms with Crippen molar-refractivity contribution in [3.63, 3.8) is 0 Å². The van der Waals surface area contributed by atoms with E-state index in [0.29, 0.717) is 29.2 Å². The van der Waals surface area contributed by atoms with Crippen LogP contribution < -0.4 is 9.47 Å². The quantitative estimate of drug-likeness (QED) is 0.549. The summed E-state index contributed by atoms with van der Waals surface area (Å²) in [6.45, 7) is 1.43. The Morgan fingerprint density at radius 3 is 2.45 bits per heavy atom. The van der Waals surface area contributed by atoms with Crippen molar-refractivity contribution in [3.8, 4) is 11.5 Å². The van der Waals surface area contributed by atoms with Crippen LogP contribution in [0, 0.1) is 0 Å². The molecule has 0 aromatic heterocycles. The zero-order chi connectivity index (χ0) is 22.3. The van der Waals surface area contributed by atoms with E-state index >= 15 is 0 Å². The molecule has 0 bridgehead atoms. The zero-order valence-electron chi connectivity index (χ0n) is 17.4. The molecule has 2 heterocycles. The van der Waals surface area contributed by atoms with Gasteiger partial charge in [-0.1, -0.05) is 23.7 Å². The Balaban J connectivity index is 1.75. The molecule has 0 spiro atoms. The summed E-state index contributed by atoms with van der Waals surface area (Å²) in [6.07, 6.45) is -5.23. The van der Waals surface area contributed by atoms with Crippen LogP contribution in [0.25, 0.3) is 0 Å². The van der Waals surface area contributed by atoms with E-state index in [1.165, 1.54) is 0 Å². The third kappa shape index (κ3) is 4.14. The van der Waals surface area contributed by atoms with Crippen molar-refractivity contribution in [1.29, 1.82) is 0 Å². The average molecular weight is 451 g/mol. The molecule has 0 saturated carbocycles. The topological polar surface area (TPSA) is 109 Å². The second-order valence-electron chi connectivity index (χ2n) is 8.15. The molecule has 2 aliphatic heterocycles. The number of fused-ring (bicyclic) bond motifs is 1. The van der Waals surface area contributed by atoms with Crippen molar-refractivity contribution in [1.82, 2.24) is 0 Å². The monoisotopic (exact) mass is 450 g/mol. The van der Waals surface area contributed by atoms with Crippen molar-refractivity contribution in [3.05, 3.63) is 57.6 Å². The molecule has 168 valence electrons. The lowest BCUT2D eigenvalue weighted by atomic mass is 9.88. The smallest absolute Gasteiger partial charge is 0.130 e. The molecule has 0 aliphatic carbocycles. The van der Waals surface area contributed by atoms with E-state index in [0.717, 1.165) is 22.4 Å². The van der Waals surface area contributed by atoms with E-state index in [1.807, 2.05) is 37.3 Å². The number of halogens is 1. The first-order chi connectivity index (χ1) is 14.8. The van der Waals surface area contributed by atoms with Gasteiger partial charge in [0.1, 0.15) is 48.1 Å². The van der Waals surface area contributed by atoms with Gasteiger partial charge in [0.05, 0.1) is 18.7 Å². The first-order valence-corrected chi connectivity index (χ1v) is 10.7. The first-order valence-electron chi connectivity index (χ1n) is 10.3. The largest absolute Gasteiger partial charge is 0.497 e. The molecule has 31 heavy (non-hydrogen) atoms. The Kier molecular flexibility index (Phi) is 6.44. The van der Waals surface area contributed by atoms with Crippen LogP contribution in [0.15, 0.2) is 30.3 Å². The van der Waals surface area contributed by atoms with Gasteiger partial charge in [-0.15, -0.1) is 0 Å². The lowest BCUT2D eigenvalue weighted by Gasteiger charge is -2.40. The van der Waals surface area contributed by atoms with Crippen molar-refractivity contribution in [2.75, 3.05) is 13.7 Å². The average Bonchev–Trinajstić information content (AvgIpc) is 3.17. The maximum atomic E-state index is 10.7. The third-order valence-electron chi connectivity index (χ3n) is 5.98. The summed E-state index contributed by atoms with van der Waals surface area (Å²) in [5.41, 5.74) is 3.22. The summed E-state index contributed by atoms with van der Waals surface area (Å²) in [5.74, 6) is 1.29. The van der Waals surface area contributed by atoms with Gasteiger partial charge in [0, 0.05) is 17.5 Å². The van der Waals surface area contributed by atoms with Crippen LogP contribution in [0.3, 0.4) is 0 Å². The molecule has 7 nitrogen and oxygen atoms in total. The minimum Gasteiger partial charge on any atom is -0.497 e. The molecule has 2 aliphatic rings. The van der Waals surface area contributed by atoms with Gasteiger partial charge in [-0.2, -0.15) is 0 Å². The number of aliphatic hydroxyl groups excluding tert-OH is 4. The molecule has 4 rings (SSSR count). The normalized spacial score (nSPS) is 30.0. The fourth-order valence-electron chi connectivity index (χ4n) is 4.30. The van der Waals surface area contributed by atoms with Crippen LogP contribution >= 0.6 is 11.6 Å². The Bertz CT molecular complexity index is 931. The maximum Gasteiger partial charge on any atom is 0.130 e. The summed E-state index contributed by atoms with van der Waals surface area (Å²) in [4.78, 5) is 0. The summed E-state index contributed by atoms with van der Waals surface area (Å²) in [7, 11) is 1.61. The number of hydrogen-bond donors (Lipinski definition) is 4. The minimum absolute atomic E-state index is 0.104. The van der Waals surface area contributed by atoms with Crippen LogP contribution in [0.2, 0.25) is 5.02 Å². The standard InChI is InChI=1S/C23H27ClO7/c1-11-7-15-18(24)13(8-12-3-5-14(29-2)6-4-12)9-16(22(15)30-11)23-21(28)20(27)19(26)17(10-25)31-23/h3-6,9,11,17,19-21,23,25-28H,7-8,10H2,1-2H3/t11?,17-,19-,20+,21-,23+/m1/s1. The van der Waals surface area contributed by atoms with Gasteiger partial charge in [-0.05, 0) is 42.7 Å². The third-order valence-corrected chi connectivity index (χ3v) is 6.45. The number of aliphatic hydroxyl groups is 4. The molecule has 0 amide bonds. The Hall–Kier alpha value is -1.87. The molecule has 8 heteroatoms. The fraction of sp³-hybridized carbons (Fsp3) is 0.478. The SMILES string of the molecule is COc1ccc(Cc2cc([C@@H]3O[C@H](CO)[C@@H](O)[C@H](O)[C@H]3O)c3c(c2Cl)CC(C)O3)cc1. The molecule has 2 aromatic rings. The van der Waals surface area contributed by atoms with Gasteiger partial charge in [0.25, 0.3) is 0 Å². The van der Waals surface area contributed by atoms with Crippen LogP contribution in [0.4, 0.5) is 0 Å². The summed E-state index contributed by atoms with van der Waals surface area (Å²) in [6, 6.07) is 9.47. The van der Waals surface area contributed by atoms with Gasteiger partial charge >= 0.3 is 0 Å². The molecule has 2 aromatic carbocycles. The summed E-state index contributed by atoms with van der Waals surface area (Å²) in [5, 5.41) is 41.2. The maximum absolute atomic E-state index is 10.7. The number of rotatable bonds is 5. The van der Waals surface area contributed by atoms with E-state index in [1.54, 1.807) is 7.11 Å². The predicted molar refractivity (Wildman–Crippen MR) is 114 cm³/mol. The Morgan fingerprint density at radius 1 is 1.10 bits per heavy atom. The first kappa shape index (κ1) is 22.3. The number of hydrogen-bond acceptors (Lipinski definition) is 7. The second-order valence-corrected chi connectivity index (χ2v) is 8.53. The van der Waals surface area contributed by atoms with Crippen molar-refractivity contribution >= 4 is 11.6 Å². The van der Waals surface area contributed by atoms with E-state index in [9.17, 15) is 20.4 Å². The Morgan fingerprint density at radius 2 is 1.81 bits per heavy atom. The van der Waals surface area contributed by atoms with Gasteiger partial charge in [0.2, 0.25) is 0 Å². The highest BCUT2D eigenvalue weighted by Crippen LogP contribution is 2.46. The molecule has 1 fully saturated rings. The van der Waals surface area contributed by atoms with Crippen molar-refractivity contribution in [2.45, 2.75) is 56.4 Å². The van der Waals surface area contributed by atoms with E-state index in [-0.39, 0.29) is 6.10 Å². The molecule has 4 N–H and O–H groups in total. The van der Waals surface area contributed by atoms with E-state index in [2.05, 4.69) is 0 Å². The molecule has 1 unspecified atom stereocenters. The lowest BCUT2D eigenvalue weighted by molar-refractivity contribution is -0.232. The molecular formula is C23H27ClO7. The Labute approximate surface area is 185 Å². The number of methoxy groups -OCH3 is 1. The van der Waals surface area contributed by atoms with Crippen molar-refractivity contribution < 1.29 is 34.6 Å². The highest BCUT2D eigenvalue weighted by atomic mass is 35.5. The summed E-state index contributed by atoms with van der Waals surface area (Å²) < 4.78 is 17.0. The van der Waals surface area contributed by atoms with E-state index in [4.69, 9.17) is 25.8 Å². The van der Waals surface area contributed by atoms with Gasteiger partial charge < -0.3 is 34.6 Å².